The minimum atomic E-state index is -0.121. The summed E-state index contributed by atoms with van der Waals surface area (Å²) in [7, 11) is 0. The maximum absolute atomic E-state index is 12.3. The van der Waals surface area contributed by atoms with Crippen LogP contribution in [0.3, 0.4) is 0 Å². The van der Waals surface area contributed by atoms with Gasteiger partial charge in [-0.1, -0.05) is 12.1 Å². The number of pyridine rings is 1. The lowest BCUT2D eigenvalue weighted by atomic mass is 10.1. The Kier molecular flexibility index (Phi) is 3.59. The lowest BCUT2D eigenvalue weighted by molar-refractivity contribution is 0.103. The molecule has 0 fully saturated rings. The fourth-order valence-corrected chi connectivity index (χ4v) is 2.99. The highest BCUT2D eigenvalue weighted by molar-refractivity contribution is 7.12. The highest BCUT2D eigenvalue weighted by Crippen LogP contribution is 2.27. The average Bonchev–Trinajstić information content (AvgIpc) is 3.26. The van der Waals surface area contributed by atoms with Gasteiger partial charge in [0.2, 0.25) is 11.6 Å². The van der Waals surface area contributed by atoms with Gasteiger partial charge < -0.3 is 9.73 Å². The lowest BCUT2D eigenvalue weighted by Gasteiger charge is -2.08. The molecular formula is C18H13N3O2S. The van der Waals surface area contributed by atoms with E-state index in [0.717, 1.165) is 16.8 Å². The normalized spacial score (nSPS) is 10.9. The van der Waals surface area contributed by atoms with E-state index in [1.807, 2.05) is 48.7 Å². The van der Waals surface area contributed by atoms with Gasteiger partial charge in [0, 0.05) is 17.4 Å². The highest BCUT2D eigenvalue weighted by Gasteiger charge is 2.13. The monoisotopic (exact) mass is 335 g/mol. The molecule has 1 N–H and O–H groups in total. The molecule has 4 aromatic rings. The molecule has 3 heterocycles. The van der Waals surface area contributed by atoms with Crippen molar-refractivity contribution >= 4 is 34.2 Å². The summed E-state index contributed by atoms with van der Waals surface area (Å²) in [4.78, 5) is 21.5. The standard InChI is InChI=1S/C18H13N3O2S/c1-11-6-7-12(17-21-13-4-2-8-19-18(13)23-17)10-14(11)20-16(22)15-5-3-9-24-15/h2-10H,1H3,(H,20,22). The predicted molar refractivity (Wildman–Crippen MR) is 94.2 cm³/mol. The Morgan fingerprint density at radius 2 is 2.12 bits per heavy atom. The molecule has 0 saturated carbocycles. The van der Waals surface area contributed by atoms with Crippen LogP contribution in [-0.2, 0) is 0 Å². The average molecular weight is 335 g/mol. The van der Waals surface area contributed by atoms with E-state index in [9.17, 15) is 4.79 Å². The molecular weight excluding hydrogens is 322 g/mol. The number of rotatable bonds is 3. The largest absolute Gasteiger partial charge is 0.418 e. The van der Waals surface area contributed by atoms with Crippen LogP contribution in [0.5, 0.6) is 0 Å². The molecule has 24 heavy (non-hydrogen) atoms. The second-order valence-electron chi connectivity index (χ2n) is 5.31. The van der Waals surface area contributed by atoms with E-state index in [2.05, 4.69) is 15.3 Å². The summed E-state index contributed by atoms with van der Waals surface area (Å²) in [5.41, 5.74) is 3.70. The highest BCUT2D eigenvalue weighted by atomic mass is 32.1. The van der Waals surface area contributed by atoms with E-state index in [0.29, 0.717) is 22.0 Å². The number of aryl methyl sites for hydroxylation is 1. The van der Waals surface area contributed by atoms with Gasteiger partial charge in [-0.2, -0.15) is 0 Å². The summed E-state index contributed by atoms with van der Waals surface area (Å²) < 4.78 is 5.69. The molecule has 5 nitrogen and oxygen atoms in total. The van der Waals surface area contributed by atoms with Crippen LogP contribution in [0.25, 0.3) is 22.7 Å². The van der Waals surface area contributed by atoms with Gasteiger partial charge in [0.25, 0.3) is 5.91 Å². The number of amides is 1. The van der Waals surface area contributed by atoms with Crippen molar-refractivity contribution in [1.82, 2.24) is 9.97 Å². The molecule has 1 amide bonds. The van der Waals surface area contributed by atoms with E-state index < -0.39 is 0 Å². The molecule has 0 aliphatic rings. The van der Waals surface area contributed by atoms with Crippen LogP contribution in [0, 0.1) is 6.92 Å². The molecule has 0 radical (unpaired) electrons. The predicted octanol–water partition coefficient (Wildman–Crippen LogP) is 4.51. The molecule has 0 atom stereocenters. The summed E-state index contributed by atoms with van der Waals surface area (Å²) in [6.45, 7) is 1.95. The topological polar surface area (TPSA) is 68.0 Å². The summed E-state index contributed by atoms with van der Waals surface area (Å²) in [6, 6.07) is 13.0. The quantitative estimate of drug-likeness (QED) is 0.598. The number of carbonyl (C=O) groups is 1. The van der Waals surface area contributed by atoms with Crippen molar-refractivity contribution in [2.24, 2.45) is 0 Å². The molecule has 3 aromatic heterocycles. The van der Waals surface area contributed by atoms with Gasteiger partial charge in [0.05, 0.1) is 4.88 Å². The van der Waals surface area contributed by atoms with E-state index in [1.165, 1.54) is 11.3 Å². The van der Waals surface area contributed by atoms with Crippen molar-refractivity contribution < 1.29 is 9.21 Å². The van der Waals surface area contributed by atoms with Crippen molar-refractivity contribution in [2.45, 2.75) is 6.92 Å². The van der Waals surface area contributed by atoms with Crippen molar-refractivity contribution in [3.63, 3.8) is 0 Å². The first-order chi connectivity index (χ1) is 11.7. The number of carbonyl (C=O) groups excluding carboxylic acids is 1. The maximum atomic E-state index is 12.3. The molecule has 0 bridgehead atoms. The number of hydrogen-bond donors (Lipinski definition) is 1. The molecule has 0 unspecified atom stereocenters. The van der Waals surface area contributed by atoms with Crippen LogP contribution in [0.1, 0.15) is 15.2 Å². The SMILES string of the molecule is Cc1ccc(-c2nc3cccnc3o2)cc1NC(=O)c1cccs1. The molecule has 0 aliphatic heterocycles. The zero-order chi connectivity index (χ0) is 16.5. The zero-order valence-electron chi connectivity index (χ0n) is 12.8. The fraction of sp³-hybridized carbons (Fsp3) is 0.0556. The third-order valence-electron chi connectivity index (χ3n) is 3.64. The van der Waals surface area contributed by atoms with Gasteiger partial charge >= 0.3 is 0 Å². The van der Waals surface area contributed by atoms with Gasteiger partial charge in [-0.25, -0.2) is 9.97 Å². The molecule has 0 spiro atoms. The first-order valence-corrected chi connectivity index (χ1v) is 8.26. The molecule has 0 aliphatic carbocycles. The third kappa shape index (κ3) is 2.68. The first-order valence-electron chi connectivity index (χ1n) is 7.38. The lowest BCUT2D eigenvalue weighted by Crippen LogP contribution is -2.11. The van der Waals surface area contributed by atoms with Gasteiger partial charge in [0.1, 0.15) is 5.52 Å². The van der Waals surface area contributed by atoms with E-state index in [1.54, 1.807) is 12.3 Å². The minimum Gasteiger partial charge on any atom is -0.418 e. The Morgan fingerprint density at radius 3 is 2.92 bits per heavy atom. The number of benzene rings is 1. The van der Waals surface area contributed by atoms with Crippen LogP contribution in [0.2, 0.25) is 0 Å². The van der Waals surface area contributed by atoms with Crippen molar-refractivity contribution in [1.29, 1.82) is 0 Å². The number of anilines is 1. The van der Waals surface area contributed by atoms with Crippen LogP contribution >= 0.6 is 11.3 Å². The Morgan fingerprint density at radius 1 is 1.21 bits per heavy atom. The molecule has 118 valence electrons. The van der Waals surface area contributed by atoms with E-state index >= 15 is 0 Å². The van der Waals surface area contributed by atoms with E-state index in [4.69, 9.17) is 4.42 Å². The van der Waals surface area contributed by atoms with Crippen molar-refractivity contribution in [2.75, 3.05) is 5.32 Å². The fourth-order valence-electron chi connectivity index (χ4n) is 2.37. The Bertz CT molecular complexity index is 989. The Hall–Kier alpha value is -2.99. The maximum Gasteiger partial charge on any atom is 0.265 e. The molecule has 6 heteroatoms. The van der Waals surface area contributed by atoms with Gasteiger partial charge in [-0.15, -0.1) is 11.3 Å². The summed E-state index contributed by atoms with van der Waals surface area (Å²) in [5.74, 6) is 0.361. The number of oxazole rings is 1. The summed E-state index contributed by atoms with van der Waals surface area (Å²) in [5, 5.41) is 4.82. The molecule has 1 aromatic carbocycles. The first kappa shape index (κ1) is 14.6. The number of nitrogens with zero attached hydrogens (tertiary/aromatic N) is 2. The second-order valence-corrected chi connectivity index (χ2v) is 6.26. The number of hydrogen-bond acceptors (Lipinski definition) is 5. The zero-order valence-corrected chi connectivity index (χ0v) is 13.6. The van der Waals surface area contributed by atoms with E-state index in [-0.39, 0.29) is 5.91 Å². The number of fused-ring (bicyclic) bond motifs is 1. The number of nitrogens with one attached hydrogen (secondary N) is 1. The van der Waals surface area contributed by atoms with Gasteiger partial charge in [0.15, 0.2) is 0 Å². The van der Waals surface area contributed by atoms with Crippen LogP contribution in [-0.4, -0.2) is 15.9 Å². The number of aromatic nitrogens is 2. The molecule has 4 rings (SSSR count). The van der Waals surface area contributed by atoms with Gasteiger partial charge in [-0.3, -0.25) is 4.79 Å². The second kappa shape index (κ2) is 5.90. The smallest absolute Gasteiger partial charge is 0.265 e. The summed E-state index contributed by atoms with van der Waals surface area (Å²) >= 11 is 1.41. The van der Waals surface area contributed by atoms with Crippen LogP contribution in [0.4, 0.5) is 5.69 Å². The van der Waals surface area contributed by atoms with Crippen molar-refractivity contribution in [3.05, 3.63) is 64.5 Å². The third-order valence-corrected chi connectivity index (χ3v) is 4.51. The summed E-state index contributed by atoms with van der Waals surface area (Å²) in [6.07, 6.45) is 1.67. The Labute approximate surface area is 142 Å². The Balaban J connectivity index is 1.69. The minimum absolute atomic E-state index is 0.121. The molecule has 0 saturated heterocycles. The number of thiophene rings is 1. The van der Waals surface area contributed by atoms with Gasteiger partial charge in [-0.05, 0) is 48.2 Å². The van der Waals surface area contributed by atoms with Crippen LogP contribution in [0.15, 0.2) is 58.5 Å². The van der Waals surface area contributed by atoms with Crippen LogP contribution < -0.4 is 5.32 Å². The van der Waals surface area contributed by atoms with Crippen molar-refractivity contribution in [3.8, 4) is 11.5 Å².